The number of pyridine rings is 2. The van der Waals surface area contributed by atoms with Crippen molar-refractivity contribution in [3.8, 4) is 22.4 Å². The van der Waals surface area contributed by atoms with E-state index in [1.807, 2.05) is 16.8 Å². The van der Waals surface area contributed by atoms with Crippen LogP contribution in [0.25, 0.3) is 34.0 Å². The third-order valence-electron chi connectivity index (χ3n) is 7.21. The fourth-order valence-electron chi connectivity index (χ4n) is 5.12. The molecule has 1 aliphatic rings. The van der Waals surface area contributed by atoms with Gasteiger partial charge in [-0.15, -0.1) is 0 Å². The number of rotatable bonds is 6. The summed E-state index contributed by atoms with van der Waals surface area (Å²) >= 11 is 0. The molecule has 4 heterocycles. The number of piperidine rings is 1. The van der Waals surface area contributed by atoms with Crippen molar-refractivity contribution in [2.45, 2.75) is 32.0 Å². The number of hydrogen-bond donors (Lipinski definition) is 2. The lowest BCUT2D eigenvalue weighted by Gasteiger charge is -2.31. The van der Waals surface area contributed by atoms with Crippen LogP contribution in [0, 0.1) is 6.92 Å². The van der Waals surface area contributed by atoms with Crippen LogP contribution < -0.4 is 9.88 Å². The van der Waals surface area contributed by atoms with Crippen LogP contribution >= 0.6 is 0 Å². The summed E-state index contributed by atoms with van der Waals surface area (Å²) in [5.41, 5.74) is 8.57. The van der Waals surface area contributed by atoms with Crippen molar-refractivity contribution < 1.29 is 9.67 Å². The topological polar surface area (TPSA) is 56.7 Å². The van der Waals surface area contributed by atoms with Gasteiger partial charge in [0, 0.05) is 29.4 Å². The summed E-state index contributed by atoms with van der Waals surface area (Å²) in [5.74, 6) is 0. The standard InChI is InChI=1S/C29H34N5O/c1-5-21-8-9-23(17-20(21)2)28-25(7-6-13-33(28)4)22-10-16-34-27(18-22)26(19-30-34)29(35)31-24-11-14-32(3)15-12-24/h5-10,13,16-19,24,29,31,35H,1,11-12,14-15H2,2-4H3/q+1. The molecule has 6 heteroatoms. The van der Waals surface area contributed by atoms with Gasteiger partial charge in [-0.3, -0.25) is 5.32 Å². The Kier molecular flexibility index (Phi) is 6.52. The van der Waals surface area contributed by atoms with Gasteiger partial charge >= 0.3 is 0 Å². The molecule has 6 nitrogen and oxygen atoms in total. The maximum atomic E-state index is 11.1. The number of nitrogens with zero attached hydrogens (tertiary/aromatic N) is 4. The van der Waals surface area contributed by atoms with E-state index in [0.29, 0.717) is 6.04 Å². The second-order valence-electron chi connectivity index (χ2n) is 9.65. The summed E-state index contributed by atoms with van der Waals surface area (Å²) in [5, 5.41) is 19.0. The highest BCUT2D eigenvalue weighted by atomic mass is 16.3. The van der Waals surface area contributed by atoms with E-state index in [1.54, 1.807) is 6.20 Å². The van der Waals surface area contributed by atoms with Gasteiger partial charge in [0.2, 0.25) is 5.69 Å². The van der Waals surface area contributed by atoms with Gasteiger partial charge in [0.15, 0.2) is 6.20 Å². The molecule has 35 heavy (non-hydrogen) atoms. The SMILES string of the molecule is C=Cc1ccc(-c2c(-c3ccn4ncc(C(O)NC5CCN(C)CC5)c4c3)ccc[n+]2C)cc1C. The number of aryl methyl sites for hydroxylation is 2. The van der Waals surface area contributed by atoms with Gasteiger partial charge in [0.1, 0.15) is 13.3 Å². The first-order chi connectivity index (χ1) is 16.9. The fraction of sp³-hybridized carbons (Fsp3) is 0.310. The zero-order chi connectivity index (χ0) is 24.5. The Labute approximate surface area is 207 Å². The molecule has 0 radical (unpaired) electrons. The highest BCUT2D eigenvalue weighted by molar-refractivity contribution is 5.81. The summed E-state index contributed by atoms with van der Waals surface area (Å²) in [6.07, 6.45) is 9.03. The number of aliphatic hydroxyl groups excluding tert-OH is 1. The number of fused-ring (bicyclic) bond motifs is 1. The van der Waals surface area contributed by atoms with Crippen molar-refractivity contribution >= 4 is 11.6 Å². The summed E-state index contributed by atoms with van der Waals surface area (Å²) < 4.78 is 4.00. The van der Waals surface area contributed by atoms with Crippen LogP contribution in [-0.2, 0) is 7.05 Å². The molecule has 5 rings (SSSR count). The number of aliphatic hydroxyl groups is 1. The van der Waals surface area contributed by atoms with Crippen LogP contribution in [0.5, 0.6) is 0 Å². The summed E-state index contributed by atoms with van der Waals surface area (Å²) in [7, 11) is 4.22. The monoisotopic (exact) mass is 468 g/mol. The smallest absolute Gasteiger partial charge is 0.220 e. The molecule has 0 saturated carbocycles. The van der Waals surface area contributed by atoms with Gasteiger partial charge in [-0.05, 0) is 86.9 Å². The van der Waals surface area contributed by atoms with Crippen LogP contribution in [0.15, 0.2) is 67.6 Å². The summed E-state index contributed by atoms with van der Waals surface area (Å²) in [6, 6.07) is 15.2. The lowest BCUT2D eigenvalue weighted by molar-refractivity contribution is -0.660. The molecular formula is C29H34N5O+. The average Bonchev–Trinajstić information content (AvgIpc) is 3.29. The molecule has 1 saturated heterocycles. The molecule has 1 aromatic carbocycles. The normalized spacial score (nSPS) is 16.0. The third-order valence-corrected chi connectivity index (χ3v) is 7.21. The van der Waals surface area contributed by atoms with Gasteiger partial charge < -0.3 is 10.0 Å². The maximum absolute atomic E-state index is 11.1. The Morgan fingerprint density at radius 3 is 2.71 bits per heavy atom. The van der Waals surface area contributed by atoms with E-state index in [4.69, 9.17) is 0 Å². The van der Waals surface area contributed by atoms with E-state index >= 15 is 0 Å². The van der Waals surface area contributed by atoms with Gasteiger partial charge in [0.25, 0.3) is 0 Å². The molecule has 0 amide bonds. The predicted octanol–water partition coefficient (Wildman–Crippen LogP) is 4.12. The largest absolute Gasteiger partial charge is 0.374 e. The number of likely N-dealkylation sites (tertiary alicyclic amines) is 1. The van der Waals surface area contributed by atoms with Crippen molar-refractivity contribution in [1.82, 2.24) is 19.8 Å². The van der Waals surface area contributed by atoms with Crippen molar-refractivity contribution in [1.29, 1.82) is 0 Å². The van der Waals surface area contributed by atoms with Crippen LogP contribution in [0.3, 0.4) is 0 Å². The van der Waals surface area contributed by atoms with Crippen LogP contribution in [0.1, 0.15) is 35.8 Å². The zero-order valence-electron chi connectivity index (χ0n) is 20.8. The molecule has 1 aliphatic heterocycles. The molecule has 1 fully saturated rings. The average molecular weight is 469 g/mol. The van der Waals surface area contributed by atoms with Crippen LogP contribution in [0.2, 0.25) is 0 Å². The van der Waals surface area contributed by atoms with Gasteiger partial charge in [-0.1, -0.05) is 18.7 Å². The van der Waals surface area contributed by atoms with Gasteiger partial charge in [-0.2, -0.15) is 5.10 Å². The molecule has 3 aromatic heterocycles. The number of benzene rings is 1. The minimum absolute atomic E-state index is 0.306. The van der Waals surface area contributed by atoms with E-state index in [2.05, 4.69) is 96.1 Å². The van der Waals surface area contributed by atoms with Crippen LogP contribution in [0.4, 0.5) is 0 Å². The van der Waals surface area contributed by atoms with E-state index in [-0.39, 0.29) is 0 Å². The predicted molar refractivity (Wildman–Crippen MR) is 141 cm³/mol. The first-order valence-electron chi connectivity index (χ1n) is 12.3. The maximum Gasteiger partial charge on any atom is 0.220 e. The van der Waals surface area contributed by atoms with E-state index in [0.717, 1.165) is 65.0 Å². The second kappa shape index (κ2) is 9.74. The molecule has 180 valence electrons. The van der Waals surface area contributed by atoms with Crippen molar-refractivity contribution in [2.75, 3.05) is 20.1 Å². The van der Waals surface area contributed by atoms with Gasteiger partial charge in [0.05, 0.1) is 17.3 Å². The molecule has 0 aliphatic carbocycles. The Morgan fingerprint density at radius 1 is 1.17 bits per heavy atom. The highest BCUT2D eigenvalue weighted by Gasteiger charge is 2.23. The van der Waals surface area contributed by atoms with E-state index in [9.17, 15) is 5.11 Å². The van der Waals surface area contributed by atoms with E-state index in [1.165, 1.54) is 5.56 Å². The molecule has 2 N–H and O–H groups in total. The first-order valence-corrected chi connectivity index (χ1v) is 12.3. The van der Waals surface area contributed by atoms with Crippen molar-refractivity contribution in [3.05, 3.63) is 84.3 Å². The number of aromatic nitrogens is 3. The Balaban J connectivity index is 1.52. The molecule has 1 atom stereocenters. The lowest BCUT2D eigenvalue weighted by atomic mass is 9.96. The molecule has 0 spiro atoms. The Bertz CT molecular complexity index is 1370. The molecule has 0 bridgehead atoms. The quantitative estimate of drug-likeness (QED) is 0.330. The first kappa shape index (κ1) is 23.4. The summed E-state index contributed by atoms with van der Waals surface area (Å²) in [6.45, 7) is 8.13. The van der Waals surface area contributed by atoms with E-state index < -0.39 is 6.23 Å². The Hall–Kier alpha value is -3.32. The third kappa shape index (κ3) is 4.65. The number of hydrogen-bond acceptors (Lipinski definition) is 4. The lowest BCUT2D eigenvalue weighted by Crippen LogP contribution is -2.42. The van der Waals surface area contributed by atoms with Crippen molar-refractivity contribution in [3.63, 3.8) is 0 Å². The van der Waals surface area contributed by atoms with Crippen LogP contribution in [-0.4, -0.2) is 45.8 Å². The summed E-state index contributed by atoms with van der Waals surface area (Å²) in [4.78, 5) is 2.33. The minimum atomic E-state index is -0.753. The second-order valence-corrected chi connectivity index (χ2v) is 9.65. The fourth-order valence-corrected chi connectivity index (χ4v) is 5.12. The molecule has 1 unspecified atom stereocenters. The number of nitrogens with one attached hydrogen (secondary N) is 1. The minimum Gasteiger partial charge on any atom is -0.374 e. The van der Waals surface area contributed by atoms with Gasteiger partial charge in [-0.25, -0.2) is 9.08 Å². The molecule has 4 aromatic rings. The van der Waals surface area contributed by atoms with Crippen molar-refractivity contribution in [2.24, 2.45) is 7.05 Å². The zero-order valence-corrected chi connectivity index (χ0v) is 20.8. The Morgan fingerprint density at radius 2 is 1.97 bits per heavy atom. The molecular weight excluding hydrogens is 434 g/mol. The highest BCUT2D eigenvalue weighted by Crippen LogP contribution is 2.32.